The van der Waals surface area contributed by atoms with E-state index in [1.54, 1.807) is 23.0 Å². The van der Waals surface area contributed by atoms with E-state index in [1.807, 2.05) is 18.7 Å². The molecule has 1 saturated heterocycles. The first-order valence-corrected chi connectivity index (χ1v) is 8.52. The van der Waals surface area contributed by atoms with Crippen LogP contribution in [0.4, 0.5) is 0 Å². The molecule has 1 fully saturated rings. The molecule has 25 heavy (non-hydrogen) atoms. The molecule has 2 aromatic rings. The van der Waals surface area contributed by atoms with Crippen LogP contribution in [0.5, 0.6) is 5.88 Å². The maximum absolute atomic E-state index is 12.9. The van der Waals surface area contributed by atoms with Crippen molar-refractivity contribution in [2.75, 3.05) is 33.3 Å². The number of ether oxygens (including phenoxy) is 1. The Morgan fingerprint density at radius 3 is 2.76 bits per heavy atom. The molecular weight excluding hydrogens is 320 g/mol. The lowest BCUT2D eigenvalue weighted by atomic mass is 10.1. The Labute approximate surface area is 147 Å². The van der Waals surface area contributed by atoms with Crippen LogP contribution in [0.25, 0.3) is 5.82 Å². The standard InChI is InChI=1S/C17H24N6O2/c1-5-25-16-7-6-15(19-20-16)23-13(3)14(10-18-23)17(24)22-9-8-21(4)11-12(22)2/h6-7,10,12H,5,8-9,11H2,1-4H3/t12-/m1/s1. The van der Waals surface area contributed by atoms with Crippen molar-refractivity contribution in [3.8, 4) is 11.7 Å². The highest BCUT2D eigenvalue weighted by Crippen LogP contribution is 2.18. The fourth-order valence-corrected chi connectivity index (χ4v) is 3.10. The maximum atomic E-state index is 12.9. The first kappa shape index (κ1) is 17.3. The van der Waals surface area contributed by atoms with Gasteiger partial charge in [-0.2, -0.15) is 5.10 Å². The van der Waals surface area contributed by atoms with Gasteiger partial charge in [0.15, 0.2) is 5.82 Å². The summed E-state index contributed by atoms with van der Waals surface area (Å²) in [5.41, 5.74) is 1.36. The average molecular weight is 344 g/mol. The fourth-order valence-electron chi connectivity index (χ4n) is 3.10. The number of aromatic nitrogens is 4. The molecule has 8 nitrogen and oxygen atoms in total. The third kappa shape index (κ3) is 3.48. The summed E-state index contributed by atoms with van der Waals surface area (Å²) in [5.74, 6) is 1.05. The van der Waals surface area contributed by atoms with Crippen molar-refractivity contribution in [2.45, 2.75) is 26.8 Å². The summed E-state index contributed by atoms with van der Waals surface area (Å²) >= 11 is 0. The Bertz CT molecular complexity index is 742. The SMILES string of the molecule is CCOc1ccc(-n2ncc(C(=O)N3CCN(C)C[C@H]3C)c2C)nn1. The van der Waals surface area contributed by atoms with E-state index in [0.717, 1.165) is 25.3 Å². The largest absolute Gasteiger partial charge is 0.477 e. The maximum Gasteiger partial charge on any atom is 0.257 e. The van der Waals surface area contributed by atoms with Gasteiger partial charge in [0.1, 0.15) is 0 Å². The number of hydrogen-bond donors (Lipinski definition) is 0. The number of likely N-dealkylation sites (N-methyl/N-ethyl adjacent to an activating group) is 1. The van der Waals surface area contributed by atoms with Gasteiger partial charge in [0.25, 0.3) is 5.91 Å². The molecule has 3 rings (SSSR count). The van der Waals surface area contributed by atoms with E-state index in [0.29, 0.717) is 23.9 Å². The molecule has 0 spiro atoms. The number of piperazine rings is 1. The Kier molecular flexibility index (Phi) is 4.98. The van der Waals surface area contributed by atoms with E-state index >= 15 is 0 Å². The normalized spacial score (nSPS) is 18.4. The zero-order valence-electron chi connectivity index (χ0n) is 15.1. The molecule has 1 aliphatic heterocycles. The predicted octanol–water partition coefficient (Wildman–Crippen LogP) is 1.15. The van der Waals surface area contributed by atoms with Gasteiger partial charge in [-0.15, -0.1) is 10.2 Å². The van der Waals surface area contributed by atoms with Crippen LogP contribution in [0.1, 0.15) is 29.9 Å². The Balaban J connectivity index is 1.82. The molecule has 0 radical (unpaired) electrons. The van der Waals surface area contributed by atoms with Crippen LogP contribution < -0.4 is 4.74 Å². The van der Waals surface area contributed by atoms with Gasteiger partial charge in [-0.05, 0) is 33.9 Å². The molecule has 0 aliphatic carbocycles. The quantitative estimate of drug-likeness (QED) is 0.828. The van der Waals surface area contributed by atoms with E-state index in [-0.39, 0.29) is 11.9 Å². The lowest BCUT2D eigenvalue weighted by Crippen LogP contribution is -2.52. The van der Waals surface area contributed by atoms with Gasteiger partial charge in [0.2, 0.25) is 5.88 Å². The van der Waals surface area contributed by atoms with Crippen molar-refractivity contribution < 1.29 is 9.53 Å². The van der Waals surface area contributed by atoms with Crippen molar-refractivity contribution >= 4 is 5.91 Å². The minimum atomic E-state index is 0.0169. The predicted molar refractivity (Wildman–Crippen MR) is 93.1 cm³/mol. The van der Waals surface area contributed by atoms with Crippen molar-refractivity contribution in [3.05, 3.63) is 29.6 Å². The minimum Gasteiger partial charge on any atom is -0.477 e. The van der Waals surface area contributed by atoms with Crippen LogP contribution in [0.3, 0.4) is 0 Å². The Morgan fingerprint density at radius 1 is 1.32 bits per heavy atom. The molecule has 134 valence electrons. The minimum absolute atomic E-state index is 0.0169. The van der Waals surface area contributed by atoms with Gasteiger partial charge in [-0.1, -0.05) is 0 Å². The molecule has 0 aromatic carbocycles. The molecule has 1 amide bonds. The average Bonchev–Trinajstić information content (AvgIpc) is 2.97. The first-order valence-electron chi connectivity index (χ1n) is 8.52. The van der Waals surface area contributed by atoms with Gasteiger partial charge in [0.05, 0.1) is 24.1 Å². The van der Waals surface area contributed by atoms with E-state index in [4.69, 9.17) is 4.74 Å². The summed E-state index contributed by atoms with van der Waals surface area (Å²) < 4.78 is 6.94. The molecule has 2 aromatic heterocycles. The lowest BCUT2D eigenvalue weighted by molar-refractivity contribution is 0.0533. The second-order valence-electron chi connectivity index (χ2n) is 6.33. The number of hydrogen-bond acceptors (Lipinski definition) is 6. The molecule has 0 saturated carbocycles. The molecule has 3 heterocycles. The molecule has 8 heteroatoms. The second kappa shape index (κ2) is 7.18. The van der Waals surface area contributed by atoms with Gasteiger partial charge >= 0.3 is 0 Å². The zero-order chi connectivity index (χ0) is 18.0. The monoisotopic (exact) mass is 344 g/mol. The van der Waals surface area contributed by atoms with Crippen LogP contribution in [-0.2, 0) is 0 Å². The highest BCUT2D eigenvalue weighted by Gasteiger charge is 2.28. The Hall–Kier alpha value is -2.48. The summed E-state index contributed by atoms with van der Waals surface area (Å²) in [6, 6.07) is 3.71. The zero-order valence-corrected chi connectivity index (χ0v) is 15.1. The van der Waals surface area contributed by atoms with Crippen LogP contribution >= 0.6 is 0 Å². The summed E-state index contributed by atoms with van der Waals surface area (Å²) in [5, 5.41) is 12.5. The molecular formula is C17H24N6O2. The molecule has 0 bridgehead atoms. The van der Waals surface area contributed by atoms with Gasteiger partial charge < -0.3 is 14.5 Å². The van der Waals surface area contributed by atoms with Gasteiger partial charge in [-0.25, -0.2) is 4.68 Å². The molecule has 0 unspecified atom stereocenters. The number of carbonyl (C=O) groups excluding carboxylic acids is 1. The van der Waals surface area contributed by atoms with Crippen LogP contribution in [-0.4, -0.2) is 75.0 Å². The summed E-state index contributed by atoms with van der Waals surface area (Å²) in [7, 11) is 2.08. The van der Waals surface area contributed by atoms with E-state index in [2.05, 4.69) is 34.2 Å². The van der Waals surface area contributed by atoms with Crippen molar-refractivity contribution in [2.24, 2.45) is 0 Å². The third-order valence-corrected chi connectivity index (χ3v) is 4.47. The summed E-state index contributed by atoms with van der Waals surface area (Å²) in [6.07, 6.45) is 1.61. The van der Waals surface area contributed by atoms with Crippen LogP contribution in [0.2, 0.25) is 0 Å². The number of nitrogens with zero attached hydrogens (tertiary/aromatic N) is 6. The van der Waals surface area contributed by atoms with E-state index in [1.165, 1.54) is 0 Å². The van der Waals surface area contributed by atoms with Crippen molar-refractivity contribution in [1.29, 1.82) is 0 Å². The van der Waals surface area contributed by atoms with E-state index in [9.17, 15) is 4.79 Å². The highest BCUT2D eigenvalue weighted by atomic mass is 16.5. The molecule has 0 N–H and O–H groups in total. The van der Waals surface area contributed by atoms with Crippen molar-refractivity contribution in [3.63, 3.8) is 0 Å². The first-order chi connectivity index (χ1) is 12.0. The topological polar surface area (TPSA) is 76.4 Å². The fraction of sp³-hybridized carbons (Fsp3) is 0.529. The number of carbonyl (C=O) groups is 1. The van der Waals surface area contributed by atoms with Crippen molar-refractivity contribution in [1.82, 2.24) is 29.8 Å². The third-order valence-electron chi connectivity index (χ3n) is 4.47. The summed E-state index contributed by atoms with van der Waals surface area (Å²) in [6.45, 7) is 8.87. The van der Waals surface area contributed by atoms with E-state index < -0.39 is 0 Å². The van der Waals surface area contributed by atoms with Gasteiger partial charge in [0, 0.05) is 31.7 Å². The Morgan fingerprint density at radius 2 is 2.12 bits per heavy atom. The van der Waals surface area contributed by atoms with Gasteiger partial charge in [-0.3, -0.25) is 4.79 Å². The lowest BCUT2D eigenvalue weighted by Gasteiger charge is -2.38. The molecule has 1 atom stereocenters. The van der Waals surface area contributed by atoms with Crippen LogP contribution in [0.15, 0.2) is 18.3 Å². The highest BCUT2D eigenvalue weighted by molar-refractivity contribution is 5.95. The smallest absolute Gasteiger partial charge is 0.257 e. The summed E-state index contributed by atoms with van der Waals surface area (Å²) in [4.78, 5) is 17.1. The number of amides is 1. The van der Waals surface area contributed by atoms with Crippen LogP contribution in [0, 0.1) is 6.92 Å². The second-order valence-corrected chi connectivity index (χ2v) is 6.33. The number of rotatable bonds is 4. The molecule has 1 aliphatic rings.